The molecule has 8 heteroatoms. The largest absolute Gasteiger partial charge is 0.382 e. The van der Waals surface area contributed by atoms with E-state index in [9.17, 15) is 12.8 Å². The number of hydrogen-bond acceptors (Lipinski definition) is 5. The highest BCUT2D eigenvalue weighted by Gasteiger charge is 2.21. The molecule has 6 nitrogen and oxygen atoms in total. The lowest BCUT2D eigenvalue weighted by Gasteiger charge is -2.15. The van der Waals surface area contributed by atoms with Crippen LogP contribution in [0.1, 0.15) is 5.56 Å². The fraction of sp³-hybridized carbons (Fsp3) is 0.500. The smallest absolute Gasteiger partial charge is 0.243 e. The first-order valence-corrected chi connectivity index (χ1v) is 7.42. The van der Waals surface area contributed by atoms with Crippen LogP contribution in [0.5, 0.6) is 0 Å². The Morgan fingerprint density at radius 2 is 2.10 bits per heavy atom. The van der Waals surface area contributed by atoms with Crippen LogP contribution < -0.4 is 10.5 Å². The molecule has 0 amide bonds. The monoisotopic (exact) mass is 306 g/mol. The highest BCUT2D eigenvalue weighted by Crippen LogP contribution is 2.16. The summed E-state index contributed by atoms with van der Waals surface area (Å²) in [4.78, 5) is -0.423. The first kappa shape index (κ1) is 17.0. The number of ether oxygens (including phenoxy) is 2. The van der Waals surface area contributed by atoms with E-state index in [1.54, 1.807) is 0 Å². The third kappa shape index (κ3) is 4.50. The predicted octanol–water partition coefficient (Wildman–Crippen LogP) is 0.224. The van der Waals surface area contributed by atoms with Gasteiger partial charge in [-0.25, -0.2) is 17.5 Å². The van der Waals surface area contributed by atoms with E-state index in [4.69, 9.17) is 15.2 Å². The zero-order chi connectivity index (χ0) is 15.2. The van der Waals surface area contributed by atoms with E-state index in [0.717, 1.165) is 6.07 Å². The number of hydrogen-bond donors (Lipinski definition) is 2. The standard InChI is InChI=1S/C12H19FN2O4S/c1-18-8-10(19-2)7-15-20(16,17)12-5-9(6-14)3-4-11(12)13/h3-5,10,15H,6-8,14H2,1-2H3. The van der Waals surface area contributed by atoms with Crippen molar-refractivity contribution in [2.45, 2.75) is 17.5 Å². The fourth-order valence-corrected chi connectivity index (χ4v) is 2.75. The Bertz CT molecular complexity index is 536. The molecule has 3 N–H and O–H groups in total. The van der Waals surface area contributed by atoms with Gasteiger partial charge in [0.05, 0.1) is 12.7 Å². The van der Waals surface area contributed by atoms with Gasteiger partial charge in [0.15, 0.2) is 0 Å². The Hall–Kier alpha value is -1.06. The molecule has 1 atom stereocenters. The van der Waals surface area contributed by atoms with Gasteiger partial charge < -0.3 is 15.2 Å². The van der Waals surface area contributed by atoms with Gasteiger partial charge in [-0.15, -0.1) is 0 Å². The van der Waals surface area contributed by atoms with Crippen LogP contribution in [0.25, 0.3) is 0 Å². The lowest BCUT2D eigenvalue weighted by Crippen LogP contribution is -2.36. The molecule has 1 aromatic carbocycles. The molecule has 0 spiro atoms. The minimum atomic E-state index is -3.96. The predicted molar refractivity (Wildman–Crippen MR) is 72.2 cm³/mol. The van der Waals surface area contributed by atoms with Gasteiger partial charge in [0.25, 0.3) is 0 Å². The van der Waals surface area contributed by atoms with E-state index in [0.29, 0.717) is 5.56 Å². The summed E-state index contributed by atoms with van der Waals surface area (Å²) < 4.78 is 50.0. The summed E-state index contributed by atoms with van der Waals surface area (Å²) in [5.41, 5.74) is 5.96. The highest BCUT2D eigenvalue weighted by atomic mass is 32.2. The molecule has 114 valence electrons. The summed E-state index contributed by atoms with van der Waals surface area (Å²) in [6, 6.07) is 3.74. The second-order valence-electron chi connectivity index (χ2n) is 4.13. The fourth-order valence-electron chi connectivity index (χ4n) is 1.56. The van der Waals surface area contributed by atoms with Crippen molar-refractivity contribution >= 4 is 10.0 Å². The molecule has 0 fully saturated rings. The van der Waals surface area contributed by atoms with E-state index in [1.807, 2.05) is 0 Å². The van der Waals surface area contributed by atoms with E-state index in [2.05, 4.69) is 4.72 Å². The zero-order valence-corrected chi connectivity index (χ0v) is 12.2. The Morgan fingerprint density at radius 3 is 2.65 bits per heavy atom. The summed E-state index contributed by atoms with van der Waals surface area (Å²) in [5, 5.41) is 0. The van der Waals surface area contributed by atoms with Gasteiger partial charge in [-0.1, -0.05) is 6.07 Å². The summed E-state index contributed by atoms with van der Waals surface area (Å²) >= 11 is 0. The van der Waals surface area contributed by atoms with Crippen LogP contribution in [-0.4, -0.2) is 41.9 Å². The molecule has 0 aliphatic heterocycles. The van der Waals surface area contributed by atoms with Gasteiger partial charge in [0, 0.05) is 27.3 Å². The van der Waals surface area contributed by atoms with Gasteiger partial charge in [-0.05, 0) is 17.7 Å². The minimum Gasteiger partial charge on any atom is -0.382 e. The van der Waals surface area contributed by atoms with Crippen LogP contribution >= 0.6 is 0 Å². The Morgan fingerprint density at radius 1 is 1.40 bits per heavy atom. The first-order chi connectivity index (χ1) is 9.44. The van der Waals surface area contributed by atoms with E-state index in [1.165, 1.54) is 26.4 Å². The van der Waals surface area contributed by atoms with Gasteiger partial charge in [0.2, 0.25) is 10.0 Å². The number of benzene rings is 1. The molecule has 1 rings (SSSR count). The van der Waals surface area contributed by atoms with Crippen LogP contribution in [-0.2, 0) is 26.0 Å². The third-order valence-electron chi connectivity index (χ3n) is 2.71. The average Bonchev–Trinajstić information content (AvgIpc) is 2.43. The summed E-state index contributed by atoms with van der Waals surface area (Å²) in [6.45, 7) is 0.344. The van der Waals surface area contributed by atoms with E-state index >= 15 is 0 Å². The molecule has 1 unspecified atom stereocenters. The molecular weight excluding hydrogens is 287 g/mol. The molecule has 0 aliphatic rings. The summed E-state index contributed by atoms with van der Waals surface area (Å²) in [7, 11) is -1.05. The molecule has 20 heavy (non-hydrogen) atoms. The van der Waals surface area contributed by atoms with Crippen LogP contribution in [0.2, 0.25) is 0 Å². The van der Waals surface area contributed by atoms with Crippen LogP contribution in [0.4, 0.5) is 4.39 Å². The van der Waals surface area contributed by atoms with Crippen LogP contribution in [0, 0.1) is 5.82 Å². The molecule has 0 radical (unpaired) electrons. The summed E-state index contributed by atoms with van der Waals surface area (Å²) in [5.74, 6) is -0.824. The van der Waals surface area contributed by atoms with E-state index in [-0.39, 0.29) is 19.7 Å². The van der Waals surface area contributed by atoms with Crippen molar-refractivity contribution in [3.05, 3.63) is 29.6 Å². The average molecular weight is 306 g/mol. The maximum atomic E-state index is 13.6. The molecule has 0 saturated heterocycles. The van der Waals surface area contributed by atoms with Crippen molar-refractivity contribution in [3.8, 4) is 0 Å². The number of nitrogens with two attached hydrogens (primary N) is 1. The van der Waals surface area contributed by atoms with Gasteiger partial charge >= 0.3 is 0 Å². The van der Waals surface area contributed by atoms with Crippen LogP contribution in [0.15, 0.2) is 23.1 Å². The second kappa shape index (κ2) is 7.65. The number of nitrogens with one attached hydrogen (secondary N) is 1. The van der Waals surface area contributed by atoms with Crippen molar-refractivity contribution in [2.75, 3.05) is 27.4 Å². The zero-order valence-electron chi connectivity index (χ0n) is 11.4. The minimum absolute atomic E-state index is 0.0149. The van der Waals surface area contributed by atoms with Crippen molar-refractivity contribution in [1.82, 2.24) is 4.72 Å². The van der Waals surface area contributed by atoms with Crippen LogP contribution in [0.3, 0.4) is 0 Å². The molecule has 0 bridgehead atoms. The molecule has 0 aliphatic carbocycles. The lowest BCUT2D eigenvalue weighted by atomic mass is 10.2. The third-order valence-corrected chi connectivity index (χ3v) is 4.15. The van der Waals surface area contributed by atoms with Gasteiger partial charge in [-0.3, -0.25) is 0 Å². The topological polar surface area (TPSA) is 90.7 Å². The van der Waals surface area contributed by atoms with E-state index < -0.39 is 26.8 Å². The van der Waals surface area contributed by atoms with Crippen molar-refractivity contribution < 1.29 is 22.3 Å². The second-order valence-corrected chi connectivity index (χ2v) is 5.87. The lowest BCUT2D eigenvalue weighted by molar-refractivity contribution is 0.0320. The number of methoxy groups -OCH3 is 2. The molecule has 0 aromatic heterocycles. The quantitative estimate of drug-likeness (QED) is 0.717. The van der Waals surface area contributed by atoms with Crippen molar-refractivity contribution in [1.29, 1.82) is 0 Å². The molecular formula is C12H19FN2O4S. The van der Waals surface area contributed by atoms with Gasteiger partial charge in [-0.2, -0.15) is 0 Å². The number of rotatable bonds is 8. The molecule has 0 saturated carbocycles. The highest BCUT2D eigenvalue weighted by molar-refractivity contribution is 7.89. The van der Waals surface area contributed by atoms with Crippen molar-refractivity contribution in [3.63, 3.8) is 0 Å². The number of sulfonamides is 1. The van der Waals surface area contributed by atoms with Gasteiger partial charge in [0.1, 0.15) is 10.7 Å². The summed E-state index contributed by atoms with van der Waals surface area (Å²) in [6.07, 6.45) is -0.449. The molecule has 0 heterocycles. The SMILES string of the molecule is COCC(CNS(=O)(=O)c1cc(CN)ccc1F)OC. The first-order valence-electron chi connectivity index (χ1n) is 5.94. The maximum Gasteiger partial charge on any atom is 0.243 e. The number of halogens is 1. The Balaban J connectivity index is 2.88. The maximum absolute atomic E-state index is 13.6. The normalized spacial score (nSPS) is 13.4. The molecule has 1 aromatic rings. The van der Waals surface area contributed by atoms with Crippen molar-refractivity contribution in [2.24, 2.45) is 5.73 Å². The Labute approximate surface area is 118 Å². The Kier molecular flexibility index (Phi) is 6.50.